The lowest BCUT2D eigenvalue weighted by Crippen LogP contribution is -2.14. The van der Waals surface area contributed by atoms with Crippen LogP contribution in [0.25, 0.3) is 82.5 Å². The zero-order valence-corrected chi connectivity index (χ0v) is 38.7. The van der Waals surface area contributed by atoms with E-state index in [1.54, 1.807) is 0 Å². The van der Waals surface area contributed by atoms with Crippen LogP contribution in [0.15, 0.2) is 273 Å². The van der Waals surface area contributed by atoms with E-state index in [0.29, 0.717) is 0 Å². The average molecular weight is 908 g/mol. The van der Waals surface area contributed by atoms with E-state index in [1.165, 1.54) is 43.4 Å². The van der Waals surface area contributed by atoms with Crippen LogP contribution in [0.5, 0.6) is 0 Å². The molecule has 0 unspecified atom stereocenters. The van der Waals surface area contributed by atoms with E-state index in [0.717, 1.165) is 73.3 Å². The molecule has 0 radical (unpaired) electrons. The lowest BCUT2D eigenvalue weighted by atomic mass is 10.0. The summed E-state index contributed by atoms with van der Waals surface area (Å²) in [5.41, 5.74) is 16.5. The molecule has 14 aromatic rings. The van der Waals surface area contributed by atoms with Crippen LogP contribution in [0.4, 0.5) is 34.1 Å². The van der Waals surface area contributed by atoms with Crippen molar-refractivity contribution in [2.75, 3.05) is 9.80 Å². The smallest absolute Gasteiger partial charge is 0.0583 e. The van der Waals surface area contributed by atoms with E-state index >= 15 is 0 Å². The van der Waals surface area contributed by atoms with E-state index in [4.69, 9.17) is 0 Å². The SMILES string of the molecule is c1ccc(N(c2ccccc2)c2cc(N(c3ccc4c5ccccc5n(-c5ccccc5)c4c3)c3ccc4c5ccccc5n(-c5ccccc5)c4c3)cc3c2c2ccccc2n3-c2ccccc2)cc1. The summed E-state index contributed by atoms with van der Waals surface area (Å²) in [5.74, 6) is 0. The third-order valence-corrected chi connectivity index (χ3v) is 14.1. The van der Waals surface area contributed by atoms with E-state index in [-0.39, 0.29) is 0 Å². The Kier molecular flexibility index (Phi) is 9.46. The van der Waals surface area contributed by atoms with Crippen LogP contribution in [0.3, 0.4) is 0 Å². The quantitative estimate of drug-likeness (QED) is 0.144. The standard InChI is InChI=1S/C66H45N5/c1-6-22-46(23-7-1)68(47-24-8-2-9-25-47)64-44-53(45-65-66(64)58-34-18-21-37-61(58)71(65)50-30-14-5-15-31-50)67(51-38-40-56-54-32-16-19-35-59(54)69(62(56)42-51)48-26-10-3-11-27-48)52-39-41-57-55-33-17-20-36-60(55)70(63(57)43-52)49-28-12-4-13-29-49/h1-45H. The number of nitrogens with zero attached hydrogens (tertiary/aromatic N) is 5. The Morgan fingerprint density at radius 1 is 0.211 bits per heavy atom. The molecular formula is C66H45N5. The van der Waals surface area contributed by atoms with Gasteiger partial charge in [0.2, 0.25) is 0 Å². The summed E-state index contributed by atoms with van der Waals surface area (Å²) in [5, 5.41) is 7.19. The summed E-state index contributed by atoms with van der Waals surface area (Å²) >= 11 is 0. The molecule has 3 heterocycles. The highest BCUT2D eigenvalue weighted by Gasteiger charge is 2.26. The Bertz CT molecular complexity index is 4070. The second kappa shape index (κ2) is 16.6. The number of para-hydroxylation sites is 8. The van der Waals surface area contributed by atoms with Crippen LogP contribution in [0, 0.1) is 0 Å². The fraction of sp³-hybridized carbons (Fsp3) is 0. The maximum absolute atomic E-state index is 2.48. The van der Waals surface area contributed by atoms with Gasteiger partial charge in [0.15, 0.2) is 0 Å². The Labute approximate surface area is 411 Å². The minimum Gasteiger partial charge on any atom is -0.310 e. The summed E-state index contributed by atoms with van der Waals surface area (Å²) in [6.45, 7) is 0. The van der Waals surface area contributed by atoms with Crippen molar-refractivity contribution >= 4 is 99.5 Å². The predicted octanol–water partition coefficient (Wildman–Crippen LogP) is 17.9. The summed E-state index contributed by atoms with van der Waals surface area (Å²) in [6.07, 6.45) is 0. The summed E-state index contributed by atoms with van der Waals surface area (Å²) in [6, 6.07) is 99.1. The molecule has 0 spiro atoms. The summed E-state index contributed by atoms with van der Waals surface area (Å²) in [7, 11) is 0. The second-order valence-corrected chi connectivity index (χ2v) is 18.2. The largest absolute Gasteiger partial charge is 0.310 e. The Morgan fingerprint density at radius 3 is 1.00 bits per heavy atom. The number of aromatic nitrogens is 3. The normalized spacial score (nSPS) is 11.7. The van der Waals surface area contributed by atoms with Gasteiger partial charge in [0.25, 0.3) is 0 Å². The van der Waals surface area contributed by atoms with E-state index in [9.17, 15) is 0 Å². The molecule has 5 heteroatoms. The van der Waals surface area contributed by atoms with Crippen molar-refractivity contribution in [2.24, 2.45) is 0 Å². The minimum absolute atomic E-state index is 1.02. The van der Waals surface area contributed by atoms with Gasteiger partial charge in [0, 0.05) is 72.1 Å². The van der Waals surface area contributed by atoms with Gasteiger partial charge in [-0.1, -0.05) is 158 Å². The van der Waals surface area contributed by atoms with Crippen molar-refractivity contribution in [3.05, 3.63) is 273 Å². The van der Waals surface area contributed by atoms with Crippen LogP contribution in [0.2, 0.25) is 0 Å². The monoisotopic (exact) mass is 907 g/mol. The maximum Gasteiger partial charge on any atom is 0.0583 e. The fourth-order valence-corrected chi connectivity index (χ4v) is 11.2. The molecule has 71 heavy (non-hydrogen) atoms. The molecule has 0 amide bonds. The maximum atomic E-state index is 2.48. The molecule has 0 aliphatic carbocycles. The van der Waals surface area contributed by atoms with E-state index < -0.39 is 0 Å². The first kappa shape index (κ1) is 40.5. The topological polar surface area (TPSA) is 21.3 Å². The molecule has 0 saturated carbocycles. The molecule has 3 aromatic heterocycles. The van der Waals surface area contributed by atoms with Crippen molar-refractivity contribution in [3.8, 4) is 17.1 Å². The van der Waals surface area contributed by atoms with Crippen molar-refractivity contribution in [1.29, 1.82) is 0 Å². The zero-order valence-electron chi connectivity index (χ0n) is 38.7. The lowest BCUT2D eigenvalue weighted by Gasteiger charge is -2.30. The minimum atomic E-state index is 1.02. The molecule has 0 saturated heterocycles. The number of hydrogen-bond donors (Lipinski definition) is 0. The van der Waals surface area contributed by atoms with Gasteiger partial charge in [0.05, 0.1) is 44.5 Å². The van der Waals surface area contributed by atoms with Gasteiger partial charge >= 0.3 is 0 Å². The Morgan fingerprint density at radius 2 is 0.549 bits per heavy atom. The first-order chi connectivity index (χ1) is 35.3. The molecule has 14 rings (SSSR count). The van der Waals surface area contributed by atoms with Crippen LogP contribution in [-0.2, 0) is 0 Å². The number of anilines is 6. The van der Waals surface area contributed by atoms with Crippen LogP contribution >= 0.6 is 0 Å². The molecule has 0 bridgehead atoms. The van der Waals surface area contributed by atoms with Crippen LogP contribution in [-0.4, -0.2) is 13.7 Å². The van der Waals surface area contributed by atoms with E-state index in [2.05, 4.69) is 296 Å². The highest BCUT2D eigenvalue weighted by atomic mass is 15.2. The number of hydrogen-bond acceptors (Lipinski definition) is 2. The number of benzene rings is 11. The van der Waals surface area contributed by atoms with Crippen LogP contribution < -0.4 is 9.80 Å². The fourth-order valence-electron chi connectivity index (χ4n) is 11.2. The first-order valence-electron chi connectivity index (χ1n) is 24.3. The molecular weight excluding hydrogens is 863 g/mol. The third kappa shape index (κ3) is 6.55. The number of rotatable bonds is 9. The van der Waals surface area contributed by atoms with Crippen LogP contribution in [0.1, 0.15) is 0 Å². The predicted molar refractivity (Wildman–Crippen MR) is 299 cm³/mol. The summed E-state index contributed by atoms with van der Waals surface area (Å²) < 4.78 is 7.27. The second-order valence-electron chi connectivity index (χ2n) is 18.2. The molecule has 0 aliphatic rings. The third-order valence-electron chi connectivity index (χ3n) is 14.1. The highest BCUT2D eigenvalue weighted by Crippen LogP contribution is 2.49. The first-order valence-corrected chi connectivity index (χ1v) is 24.3. The summed E-state index contributed by atoms with van der Waals surface area (Å²) in [4.78, 5) is 4.90. The molecule has 0 aliphatic heterocycles. The number of fused-ring (bicyclic) bond motifs is 9. The van der Waals surface area contributed by atoms with Gasteiger partial charge in [-0.2, -0.15) is 0 Å². The Balaban J connectivity index is 1.13. The molecule has 11 aromatic carbocycles. The van der Waals surface area contributed by atoms with Crippen molar-refractivity contribution in [1.82, 2.24) is 13.7 Å². The molecule has 0 N–H and O–H groups in total. The molecule has 0 atom stereocenters. The van der Waals surface area contributed by atoms with Gasteiger partial charge in [-0.15, -0.1) is 0 Å². The van der Waals surface area contributed by atoms with Crippen molar-refractivity contribution in [3.63, 3.8) is 0 Å². The average Bonchev–Trinajstić information content (AvgIpc) is 4.08. The van der Waals surface area contributed by atoms with Crippen molar-refractivity contribution < 1.29 is 0 Å². The van der Waals surface area contributed by atoms with Gasteiger partial charge in [0.1, 0.15) is 0 Å². The van der Waals surface area contributed by atoms with Gasteiger partial charge in [-0.3, -0.25) is 0 Å². The van der Waals surface area contributed by atoms with E-state index in [1.807, 2.05) is 0 Å². The van der Waals surface area contributed by atoms with Gasteiger partial charge < -0.3 is 23.5 Å². The Hall–Kier alpha value is -9.58. The van der Waals surface area contributed by atoms with Gasteiger partial charge in [-0.25, -0.2) is 0 Å². The molecule has 0 fully saturated rings. The molecule has 334 valence electrons. The molecule has 5 nitrogen and oxygen atoms in total. The van der Waals surface area contributed by atoms with Gasteiger partial charge in [-0.05, 0) is 115 Å². The highest BCUT2D eigenvalue weighted by molar-refractivity contribution is 6.19. The van der Waals surface area contributed by atoms with Crippen molar-refractivity contribution in [2.45, 2.75) is 0 Å². The zero-order chi connectivity index (χ0) is 46.8. The lowest BCUT2D eigenvalue weighted by molar-refractivity contribution is 1.17.